The van der Waals surface area contributed by atoms with Crippen molar-refractivity contribution in [1.82, 2.24) is 9.55 Å². The molecule has 0 radical (unpaired) electrons. The molecule has 186 valence electrons. The second-order valence-electron chi connectivity index (χ2n) is 8.39. The maximum absolute atomic E-state index is 12.5. The third-order valence-electron chi connectivity index (χ3n) is 5.67. The van der Waals surface area contributed by atoms with E-state index in [1.807, 2.05) is 22.9 Å². The molecule has 1 aromatic carbocycles. The van der Waals surface area contributed by atoms with E-state index >= 15 is 0 Å². The van der Waals surface area contributed by atoms with Gasteiger partial charge in [0.15, 0.2) is 11.9 Å². The number of halogens is 3. The number of carbonyl (C=O) groups excluding carboxylic acids is 2. The minimum absolute atomic E-state index is 0.0635. The van der Waals surface area contributed by atoms with Gasteiger partial charge in [-0.15, -0.1) is 0 Å². The maximum Gasteiger partial charge on any atom is 0.411 e. The molecule has 1 unspecified atom stereocenters. The van der Waals surface area contributed by atoms with Crippen LogP contribution < -0.4 is 4.74 Å². The van der Waals surface area contributed by atoms with Crippen LogP contribution in [0.1, 0.15) is 28.9 Å². The molecule has 0 saturated heterocycles. The molecule has 1 aliphatic carbocycles. The minimum Gasteiger partial charge on any atom is -0.492 e. The quantitative estimate of drug-likeness (QED) is 0.293. The van der Waals surface area contributed by atoms with Crippen molar-refractivity contribution in [1.29, 1.82) is 0 Å². The van der Waals surface area contributed by atoms with Crippen molar-refractivity contribution in [3.63, 3.8) is 0 Å². The molecular formula is C25H25F3N2O5. The minimum atomic E-state index is -4.54. The van der Waals surface area contributed by atoms with Gasteiger partial charge in [-0.1, -0.05) is 12.1 Å². The summed E-state index contributed by atoms with van der Waals surface area (Å²) in [5.74, 6) is -0.110. The lowest BCUT2D eigenvalue weighted by atomic mass is 10.1. The fourth-order valence-corrected chi connectivity index (χ4v) is 3.67. The van der Waals surface area contributed by atoms with E-state index in [9.17, 15) is 22.8 Å². The summed E-state index contributed by atoms with van der Waals surface area (Å²) in [5.41, 5.74) is 1.81. The van der Waals surface area contributed by atoms with Crippen molar-refractivity contribution in [2.45, 2.75) is 38.1 Å². The van der Waals surface area contributed by atoms with E-state index in [-0.39, 0.29) is 18.1 Å². The van der Waals surface area contributed by atoms with E-state index in [1.54, 1.807) is 30.3 Å². The van der Waals surface area contributed by atoms with Gasteiger partial charge in [0.25, 0.3) is 0 Å². The van der Waals surface area contributed by atoms with Crippen LogP contribution in [0.15, 0.2) is 48.7 Å². The van der Waals surface area contributed by atoms with Crippen molar-refractivity contribution in [3.8, 4) is 5.75 Å². The predicted octanol–water partition coefficient (Wildman–Crippen LogP) is 4.37. The van der Waals surface area contributed by atoms with Crippen LogP contribution in [0, 0.1) is 5.92 Å². The summed E-state index contributed by atoms with van der Waals surface area (Å²) in [6.45, 7) is -0.687. The number of fused-ring (bicyclic) bond motifs is 1. The summed E-state index contributed by atoms with van der Waals surface area (Å²) in [6, 6.07) is 12.3. The van der Waals surface area contributed by atoms with Crippen molar-refractivity contribution >= 4 is 22.8 Å². The van der Waals surface area contributed by atoms with Gasteiger partial charge in [-0.05, 0) is 48.7 Å². The molecule has 2 heterocycles. The molecule has 1 saturated carbocycles. The summed E-state index contributed by atoms with van der Waals surface area (Å²) < 4.78 is 54.3. The molecule has 10 heteroatoms. The second-order valence-corrected chi connectivity index (χ2v) is 8.39. The zero-order valence-corrected chi connectivity index (χ0v) is 19.1. The Bertz CT molecular complexity index is 1190. The SMILES string of the molecule is COC(=O)C(Cc1ccc(OCCn2ccc3ccc(C(=O)C4CC4)nc32)cc1)OCC(F)(F)F. The van der Waals surface area contributed by atoms with E-state index in [1.165, 1.54) is 0 Å². The molecule has 1 atom stereocenters. The molecule has 0 amide bonds. The number of nitrogens with zero attached hydrogens (tertiary/aromatic N) is 2. The Kier molecular flexibility index (Phi) is 7.39. The average Bonchev–Trinajstić information content (AvgIpc) is 3.62. The first kappa shape index (κ1) is 24.7. The van der Waals surface area contributed by atoms with Crippen molar-refractivity contribution in [3.05, 3.63) is 59.9 Å². The van der Waals surface area contributed by atoms with Crippen LogP contribution in [0.4, 0.5) is 13.2 Å². The monoisotopic (exact) mass is 490 g/mol. The van der Waals surface area contributed by atoms with E-state index in [2.05, 4.69) is 9.72 Å². The zero-order valence-electron chi connectivity index (χ0n) is 19.1. The molecule has 35 heavy (non-hydrogen) atoms. The van der Waals surface area contributed by atoms with Crippen LogP contribution in [0.5, 0.6) is 5.75 Å². The van der Waals surface area contributed by atoms with Crippen molar-refractivity contribution < 1.29 is 37.0 Å². The van der Waals surface area contributed by atoms with Gasteiger partial charge in [0, 0.05) is 23.9 Å². The molecule has 7 nitrogen and oxygen atoms in total. The first-order chi connectivity index (χ1) is 16.7. The Balaban J connectivity index is 1.33. The van der Waals surface area contributed by atoms with Gasteiger partial charge in [0.2, 0.25) is 0 Å². The van der Waals surface area contributed by atoms with Crippen LogP contribution in [0.25, 0.3) is 11.0 Å². The summed E-state index contributed by atoms with van der Waals surface area (Å²) in [7, 11) is 1.10. The molecule has 0 spiro atoms. The van der Waals surface area contributed by atoms with E-state index < -0.39 is 24.9 Å². The van der Waals surface area contributed by atoms with Gasteiger partial charge in [-0.25, -0.2) is 9.78 Å². The van der Waals surface area contributed by atoms with E-state index in [0.717, 1.165) is 31.0 Å². The van der Waals surface area contributed by atoms with Crippen LogP contribution >= 0.6 is 0 Å². The molecule has 1 fully saturated rings. The van der Waals surface area contributed by atoms with Gasteiger partial charge in [0.1, 0.15) is 30.3 Å². The van der Waals surface area contributed by atoms with Gasteiger partial charge < -0.3 is 18.8 Å². The normalized spacial score (nSPS) is 14.6. The van der Waals surface area contributed by atoms with Crippen LogP contribution in [0.2, 0.25) is 0 Å². The Hall–Kier alpha value is -3.40. The Morgan fingerprint density at radius 1 is 1.11 bits per heavy atom. The van der Waals surface area contributed by atoms with E-state index in [0.29, 0.717) is 30.2 Å². The molecule has 0 aliphatic heterocycles. The zero-order chi connectivity index (χ0) is 25.0. The smallest absolute Gasteiger partial charge is 0.411 e. The number of hydrogen-bond acceptors (Lipinski definition) is 6. The highest BCUT2D eigenvalue weighted by atomic mass is 19.4. The van der Waals surface area contributed by atoms with Crippen LogP contribution in [-0.4, -0.2) is 53.9 Å². The number of aromatic nitrogens is 2. The first-order valence-electron chi connectivity index (χ1n) is 11.2. The Morgan fingerprint density at radius 2 is 1.86 bits per heavy atom. The summed E-state index contributed by atoms with van der Waals surface area (Å²) in [6.07, 6.45) is -2.22. The molecule has 1 aliphatic rings. The molecule has 4 rings (SSSR count). The highest BCUT2D eigenvalue weighted by Gasteiger charge is 2.32. The van der Waals surface area contributed by atoms with E-state index in [4.69, 9.17) is 9.47 Å². The van der Waals surface area contributed by atoms with Crippen LogP contribution in [-0.2, 0) is 27.2 Å². The maximum atomic E-state index is 12.5. The van der Waals surface area contributed by atoms with Crippen molar-refractivity contribution in [2.24, 2.45) is 5.92 Å². The fourth-order valence-electron chi connectivity index (χ4n) is 3.67. The topological polar surface area (TPSA) is 79.7 Å². The number of Topliss-reactive ketones (excluding diaryl/α,β-unsaturated/α-hetero) is 1. The number of pyridine rings is 1. The molecule has 0 N–H and O–H groups in total. The Morgan fingerprint density at radius 3 is 2.51 bits per heavy atom. The first-order valence-corrected chi connectivity index (χ1v) is 11.2. The number of hydrogen-bond donors (Lipinski definition) is 0. The highest BCUT2D eigenvalue weighted by Crippen LogP contribution is 2.32. The lowest BCUT2D eigenvalue weighted by Crippen LogP contribution is -2.32. The summed E-state index contributed by atoms with van der Waals surface area (Å²) in [5, 5.41) is 0.939. The third kappa shape index (κ3) is 6.60. The summed E-state index contributed by atoms with van der Waals surface area (Å²) in [4.78, 5) is 28.7. The number of carbonyl (C=O) groups is 2. The van der Waals surface area contributed by atoms with Gasteiger partial charge in [-0.3, -0.25) is 4.79 Å². The molecule has 2 aromatic heterocycles. The van der Waals surface area contributed by atoms with Gasteiger partial charge >= 0.3 is 12.1 Å². The molecular weight excluding hydrogens is 465 g/mol. The van der Waals surface area contributed by atoms with Crippen LogP contribution in [0.3, 0.4) is 0 Å². The summed E-state index contributed by atoms with van der Waals surface area (Å²) >= 11 is 0. The highest BCUT2D eigenvalue weighted by molar-refractivity contribution is 5.99. The number of esters is 1. The molecule has 0 bridgehead atoms. The van der Waals surface area contributed by atoms with Gasteiger partial charge in [0.05, 0.1) is 13.7 Å². The number of benzene rings is 1. The lowest BCUT2D eigenvalue weighted by Gasteiger charge is -2.17. The number of ketones is 1. The fraction of sp³-hybridized carbons (Fsp3) is 0.400. The molecule has 3 aromatic rings. The third-order valence-corrected chi connectivity index (χ3v) is 5.67. The predicted molar refractivity (Wildman–Crippen MR) is 120 cm³/mol. The van der Waals surface area contributed by atoms with Crippen molar-refractivity contribution in [2.75, 3.05) is 20.3 Å². The number of rotatable bonds is 11. The largest absolute Gasteiger partial charge is 0.492 e. The lowest BCUT2D eigenvalue weighted by molar-refractivity contribution is -0.193. The Labute approximate surface area is 199 Å². The number of methoxy groups -OCH3 is 1. The average molecular weight is 490 g/mol. The number of ether oxygens (including phenoxy) is 3. The van der Waals surface area contributed by atoms with Gasteiger partial charge in [-0.2, -0.15) is 13.2 Å². The standard InChI is InChI=1S/C25H25F3N2O5/c1-33-24(32)21(35-15-25(26,27)28)14-16-2-7-19(8-3-16)34-13-12-30-11-10-18-6-9-20(29-23(18)30)22(31)17-4-5-17/h2-3,6-11,17,21H,4-5,12-15H2,1H3. The second kappa shape index (κ2) is 10.5. The number of alkyl halides is 3.